The van der Waals surface area contributed by atoms with Crippen LogP contribution < -0.4 is 5.84 Å². The summed E-state index contributed by atoms with van der Waals surface area (Å²) in [4.78, 5) is 72.0. The van der Waals surface area contributed by atoms with E-state index in [1.165, 1.54) is 31.3 Å². The van der Waals surface area contributed by atoms with Crippen LogP contribution in [-0.4, -0.2) is 159 Å². The van der Waals surface area contributed by atoms with E-state index >= 15 is 0 Å². The van der Waals surface area contributed by atoms with Crippen LogP contribution in [0.4, 0.5) is 0 Å². The number of ether oxygens (including phenoxy) is 4. The predicted molar refractivity (Wildman–Crippen MR) is 225 cm³/mol. The molecule has 0 amide bonds. The van der Waals surface area contributed by atoms with E-state index in [0.717, 1.165) is 17.9 Å². The topological polar surface area (TPSA) is 310 Å². The van der Waals surface area contributed by atoms with Crippen molar-refractivity contribution < 1.29 is 79.7 Å². The van der Waals surface area contributed by atoms with E-state index in [0.29, 0.717) is 56.2 Å². The quantitative estimate of drug-likeness (QED) is 0.0337. The van der Waals surface area contributed by atoms with Gasteiger partial charge in [0.1, 0.15) is 5.76 Å². The number of hydrogen-bond acceptors (Lipinski definition) is 22. The van der Waals surface area contributed by atoms with Gasteiger partial charge in [0.05, 0.1) is 49.3 Å². The van der Waals surface area contributed by atoms with Crippen molar-refractivity contribution in [2.75, 3.05) is 55.5 Å². The fraction of sp³-hybridized carbons (Fsp3) is 0.324. The van der Waals surface area contributed by atoms with Crippen molar-refractivity contribution in [3.63, 3.8) is 0 Å². The van der Waals surface area contributed by atoms with E-state index in [9.17, 15) is 37.8 Å². The number of rotatable bonds is 8. The van der Waals surface area contributed by atoms with Crippen LogP contribution in [0.1, 0.15) is 70.3 Å². The third kappa shape index (κ3) is 37.1. The second-order valence-corrected chi connectivity index (χ2v) is 14.8. The summed E-state index contributed by atoms with van der Waals surface area (Å²) in [6.07, 6.45) is 9.12. The molecule has 0 saturated carbocycles. The Bertz CT molecular complexity index is 1950. The molecule has 340 valence electrons. The zero-order valence-corrected chi connectivity index (χ0v) is 38.2. The van der Waals surface area contributed by atoms with Gasteiger partial charge in [0.2, 0.25) is 0 Å². The maximum absolute atomic E-state index is 11.4. The maximum atomic E-state index is 11.4. The summed E-state index contributed by atoms with van der Waals surface area (Å²) in [5.74, 6) is 3.31. The number of nitrogens with two attached hydrogens (primary N) is 1. The molecular formula is C37H52MgN6O17S. The van der Waals surface area contributed by atoms with Crippen molar-refractivity contribution in [3.05, 3.63) is 95.4 Å². The van der Waals surface area contributed by atoms with Gasteiger partial charge in [-0.2, -0.15) is 10.2 Å². The average molecular weight is 909 g/mol. The summed E-state index contributed by atoms with van der Waals surface area (Å²) in [6.45, 7) is 7.31. The number of hydrazone groups is 2. The van der Waals surface area contributed by atoms with E-state index in [4.69, 9.17) is 20.1 Å². The van der Waals surface area contributed by atoms with E-state index in [2.05, 4.69) is 37.9 Å². The Morgan fingerprint density at radius 1 is 0.774 bits per heavy atom. The SMILES string of the molecule is CCOC(C)=O.CCOC(C)=O.CN(C)/N=C/c1ccco1.CN(C)/N=C\c1cccc2c1C(=O)OC2=O.CN(C)N.O=C1C=CC(=O)O1.O=Cc1ccco1.O=[S](O)(=[Mg])OO. The number of esters is 6. The van der Waals surface area contributed by atoms with Crippen LogP contribution in [0.15, 0.2) is 86.2 Å². The molecule has 1 unspecified atom stereocenters. The zero-order chi connectivity index (χ0) is 48.3. The minimum absolute atomic E-state index is 0.211. The number of nitrogens with zero attached hydrogens (tertiary/aromatic N) is 5. The summed E-state index contributed by atoms with van der Waals surface area (Å²) >= 11 is 0.671. The van der Waals surface area contributed by atoms with Crippen LogP contribution in [0.25, 0.3) is 0 Å². The molecule has 2 aromatic heterocycles. The van der Waals surface area contributed by atoms with Crippen molar-refractivity contribution >= 4 is 81.6 Å². The second kappa shape index (κ2) is 35.8. The Morgan fingerprint density at radius 2 is 1.21 bits per heavy atom. The van der Waals surface area contributed by atoms with Crippen molar-refractivity contribution in [2.24, 2.45) is 16.0 Å². The molecule has 1 atom stereocenters. The molecule has 62 heavy (non-hydrogen) atoms. The number of hydrazine groups is 1. The normalized spacial score (nSPS) is 12.3. The van der Waals surface area contributed by atoms with E-state index in [1.54, 1.807) is 94.9 Å². The molecule has 0 saturated heterocycles. The molecule has 23 nitrogen and oxygen atoms in total. The zero-order valence-electron chi connectivity index (χ0n) is 35.9. The number of hydrogen-bond donors (Lipinski definition) is 3. The molecule has 0 bridgehead atoms. The number of benzene rings is 1. The van der Waals surface area contributed by atoms with Crippen LogP contribution in [0, 0.1) is 0 Å². The van der Waals surface area contributed by atoms with Crippen LogP contribution in [-0.2, 0) is 49.8 Å². The Balaban J connectivity index is -0.000000670. The van der Waals surface area contributed by atoms with Gasteiger partial charge in [-0.25, -0.2) is 19.2 Å². The Hall–Kier alpha value is -5.93. The molecule has 4 N–H and O–H groups in total. The number of fused-ring (bicyclic) bond motifs is 1. The number of carbonyl (C=O) groups excluding carboxylic acids is 7. The summed E-state index contributed by atoms with van der Waals surface area (Å²) in [7, 11) is 7.48. The monoisotopic (exact) mass is 908 g/mol. The molecule has 2 aliphatic heterocycles. The van der Waals surface area contributed by atoms with Gasteiger partial charge >= 0.3 is 81.3 Å². The molecule has 3 aromatic rings. The van der Waals surface area contributed by atoms with Crippen LogP contribution >= 0.6 is 0 Å². The van der Waals surface area contributed by atoms with Crippen molar-refractivity contribution in [1.29, 1.82) is 0 Å². The number of aldehydes is 1. The molecule has 0 aliphatic carbocycles. The van der Waals surface area contributed by atoms with E-state index in [-0.39, 0.29) is 17.5 Å². The fourth-order valence-corrected chi connectivity index (χ4v) is 3.05. The standard InChI is InChI=1S/C11H10N2O3.C7H10N2O.C5H4O2.C4H2O3.2C4H8O2.C2H8N2.Mg.H2O4S/c1-13(2)12-6-7-4-3-5-8-9(7)11(15)16-10(8)14;1-9(2)8-6-7-4-3-5-10-7;6-4-5-2-1-3-7-5;5-3-1-2-4(6)7-3;2*1-3-6-4(2)5;1-4(2)3;;1-4-5(2)3/h3-6H,1-2H3;3-6H,1-2H3;1-4H;1-2H;2*3H2,1-2H3;3H2,1-2H3;;1H,(H,2,3)/b12-6-;8-6+;;;;;;;. The van der Waals surface area contributed by atoms with Gasteiger partial charge in [0.15, 0.2) is 12.0 Å². The molecular weight excluding hydrogens is 857 g/mol. The first-order chi connectivity index (χ1) is 28.9. The van der Waals surface area contributed by atoms with Crippen LogP contribution in [0.2, 0.25) is 0 Å². The number of cyclic esters (lactones) is 4. The third-order valence-electron chi connectivity index (χ3n) is 5.12. The van der Waals surface area contributed by atoms with E-state index in [1.807, 2.05) is 26.2 Å². The molecule has 0 radical (unpaired) electrons. The van der Waals surface area contributed by atoms with Crippen LogP contribution in [0.5, 0.6) is 0 Å². The van der Waals surface area contributed by atoms with Crippen LogP contribution in [0.3, 0.4) is 0 Å². The average Bonchev–Trinajstić information content (AvgIpc) is 4.01. The first-order valence-electron chi connectivity index (χ1n) is 17.3. The first kappa shape index (κ1) is 60.4. The molecule has 1 aromatic carbocycles. The number of furan rings is 2. The van der Waals surface area contributed by atoms with Gasteiger partial charge < -0.3 is 37.8 Å². The van der Waals surface area contributed by atoms with Gasteiger partial charge in [-0.3, -0.25) is 25.2 Å². The number of carbonyl (C=O) groups is 7. The van der Waals surface area contributed by atoms with Gasteiger partial charge in [-0.15, -0.1) is 0 Å². The molecule has 0 fully saturated rings. The summed E-state index contributed by atoms with van der Waals surface area (Å²) < 4.78 is 47.5. The van der Waals surface area contributed by atoms with Crippen molar-refractivity contribution in [1.82, 2.24) is 15.0 Å². The summed E-state index contributed by atoms with van der Waals surface area (Å²) in [5, 5.41) is 20.2. The molecule has 2 aliphatic rings. The fourth-order valence-electron chi connectivity index (χ4n) is 3.05. The van der Waals surface area contributed by atoms with Gasteiger partial charge in [0.25, 0.3) is 0 Å². The minimum atomic E-state index is -3.33. The van der Waals surface area contributed by atoms with E-state index < -0.39 is 31.2 Å². The Kier molecular flexibility index (Phi) is 34.8. The summed E-state index contributed by atoms with van der Waals surface area (Å²) in [6, 6.07) is 11.9. The third-order valence-corrected chi connectivity index (χ3v) is 5.67. The molecule has 5 rings (SSSR count). The molecule has 0 spiro atoms. The second-order valence-electron chi connectivity index (χ2n) is 11.3. The molecule has 4 heterocycles. The molecule has 25 heteroatoms. The van der Waals surface area contributed by atoms with Gasteiger partial charge in [-0.1, -0.05) is 12.1 Å². The van der Waals surface area contributed by atoms with Gasteiger partial charge in [0, 0.05) is 73.8 Å². The first-order valence-corrected chi connectivity index (χ1v) is 20.7. The van der Waals surface area contributed by atoms with Crippen molar-refractivity contribution in [3.8, 4) is 0 Å². The van der Waals surface area contributed by atoms with Gasteiger partial charge in [-0.05, 0) is 44.2 Å². The predicted octanol–water partition coefficient (Wildman–Crippen LogP) is 2.58. The van der Waals surface area contributed by atoms with Crippen molar-refractivity contribution in [2.45, 2.75) is 27.7 Å². The summed E-state index contributed by atoms with van der Waals surface area (Å²) in [5.41, 5.74) is 1.17. The Labute approximate surface area is 369 Å². The Morgan fingerprint density at radius 3 is 1.50 bits per heavy atom.